The summed E-state index contributed by atoms with van der Waals surface area (Å²) in [4.78, 5) is 0. The standard InChI is InChI=1S/C15H26N2/c1-13(2)7-5-3-4-6-12-17-15-10-8-14(16)9-11-15/h8-11,13,17H,3-7,12,16H2,1-2H3. The minimum absolute atomic E-state index is 0.823. The van der Waals surface area contributed by atoms with Crippen molar-refractivity contribution < 1.29 is 0 Å². The normalized spacial score (nSPS) is 10.8. The van der Waals surface area contributed by atoms with Crippen LogP contribution in [-0.2, 0) is 0 Å². The van der Waals surface area contributed by atoms with Gasteiger partial charge < -0.3 is 11.1 Å². The van der Waals surface area contributed by atoms with Crippen LogP contribution in [0, 0.1) is 5.92 Å². The number of hydrogen-bond donors (Lipinski definition) is 2. The van der Waals surface area contributed by atoms with Gasteiger partial charge in [0, 0.05) is 17.9 Å². The van der Waals surface area contributed by atoms with Crippen LogP contribution in [0.15, 0.2) is 24.3 Å². The van der Waals surface area contributed by atoms with Gasteiger partial charge in [0.1, 0.15) is 0 Å². The number of benzene rings is 1. The highest BCUT2D eigenvalue weighted by atomic mass is 14.9. The van der Waals surface area contributed by atoms with E-state index in [1.165, 1.54) is 37.8 Å². The SMILES string of the molecule is CC(C)CCCCCCNc1ccc(N)cc1. The van der Waals surface area contributed by atoms with Crippen molar-refractivity contribution in [1.82, 2.24) is 0 Å². The van der Waals surface area contributed by atoms with E-state index in [0.29, 0.717) is 0 Å². The summed E-state index contributed by atoms with van der Waals surface area (Å²) in [5.74, 6) is 0.850. The molecule has 0 bridgehead atoms. The van der Waals surface area contributed by atoms with Crippen LogP contribution in [0.1, 0.15) is 46.0 Å². The third-order valence-electron chi connectivity index (χ3n) is 2.95. The van der Waals surface area contributed by atoms with Crippen molar-refractivity contribution in [3.8, 4) is 0 Å². The molecule has 1 aromatic carbocycles. The maximum atomic E-state index is 5.63. The van der Waals surface area contributed by atoms with Crippen molar-refractivity contribution in [3.05, 3.63) is 24.3 Å². The van der Waals surface area contributed by atoms with E-state index in [-0.39, 0.29) is 0 Å². The third-order valence-corrected chi connectivity index (χ3v) is 2.95. The Morgan fingerprint density at radius 1 is 1.00 bits per heavy atom. The van der Waals surface area contributed by atoms with Crippen molar-refractivity contribution in [3.63, 3.8) is 0 Å². The van der Waals surface area contributed by atoms with Gasteiger partial charge in [0.15, 0.2) is 0 Å². The van der Waals surface area contributed by atoms with E-state index in [1.54, 1.807) is 0 Å². The Labute approximate surface area is 106 Å². The monoisotopic (exact) mass is 234 g/mol. The highest BCUT2D eigenvalue weighted by Gasteiger charge is 1.95. The maximum Gasteiger partial charge on any atom is 0.0341 e. The predicted octanol–water partition coefficient (Wildman–Crippen LogP) is 4.29. The maximum absolute atomic E-state index is 5.63. The van der Waals surface area contributed by atoms with Crippen molar-refractivity contribution in [1.29, 1.82) is 0 Å². The second kappa shape index (κ2) is 7.99. The van der Waals surface area contributed by atoms with Crippen LogP contribution in [0.5, 0.6) is 0 Å². The highest BCUT2D eigenvalue weighted by molar-refractivity contribution is 5.50. The van der Waals surface area contributed by atoms with Gasteiger partial charge in [-0.1, -0.05) is 39.5 Å². The van der Waals surface area contributed by atoms with Crippen LogP contribution in [0.3, 0.4) is 0 Å². The average molecular weight is 234 g/mol. The summed E-state index contributed by atoms with van der Waals surface area (Å²) in [7, 11) is 0. The van der Waals surface area contributed by atoms with Crippen LogP contribution in [0.2, 0.25) is 0 Å². The van der Waals surface area contributed by atoms with Crippen LogP contribution in [-0.4, -0.2) is 6.54 Å². The Bertz CT molecular complexity index is 290. The van der Waals surface area contributed by atoms with Crippen molar-refractivity contribution >= 4 is 11.4 Å². The molecule has 0 atom stereocenters. The second-order valence-corrected chi connectivity index (χ2v) is 5.15. The van der Waals surface area contributed by atoms with Gasteiger partial charge in [-0.05, 0) is 36.6 Å². The zero-order chi connectivity index (χ0) is 12.5. The highest BCUT2D eigenvalue weighted by Crippen LogP contribution is 2.12. The van der Waals surface area contributed by atoms with E-state index in [9.17, 15) is 0 Å². The number of nitrogens with one attached hydrogen (secondary N) is 1. The number of nitrogen functional groups attached to an aromatic ring is 1. The molecular formula is C15H26N2. The summed E-state index contributed by atoms with van der Waals surface area (Å²) in [6, 6.07) is 7.94. The number of hydrogen-bond acceptors (Lipinski definition) is 2. The Kier molecular flexibility index (Phi) is 6.53. The van der Waals surface area contributed by atoms with Gasteiger partial charge >= 0.3 is 0 Å². The van der Waals surface area contributed by atoms with Crippen LogP contribution < -0.4 is 11.1 Å². The van der Waals surface area contributed by atoms with Gasteiger partial charge in [-0.25, -0.2) is 0 Å². The minimum atomic E-state index is 0.823. The van der Waals surface area contributed by atoms with E-state index >= 15 is 0 Å². The molecule has 0 saturated heterocycles. The summed E-state index contributed by atoms with van der Waals surface area (Å²) in [5, 5.41) is 3.42. The largest absolute Gasteiger partial charge is 0.399 e. The Morgan fingerprint density at radius 2 is 1.65 bits per heavy atom. The van der Waals surface area contributed by atoms with Crippen molar-refractivity contribution in [2.24, 2.45) is 5.92 Å². The lowest BCUT2D eigenvalue weighted by Crippen LogP contribution is -2.01. The van der Waals surface area contributed by atoms with Crippen LogP contribution >= 0.6 is 0 Å². The van der Waals surface area contributed by atoms with E-state index in [4.69, 9.17) is 5.73 Å². The first-order chi connectivity index (χ1) is 8.18. The number of nitrogens with two attached hydrogens (primary N) is 1. The molecule has 0 fully saturated rings. The van der Waals surface area contributed by atoms with Crippen molar-refractivity contribution in [2.45, 2.75) is 46.0 Å². The van der Waals surface area contributed by atoms with Crippen LogP contribution in [0.4, 0.5) is 11.4 Å². The summed E-state index contributed by atoms with van der Waals surface area (Å²) in [6.45, 7) is 5.65. The molecule has 96 valence electrons. The van der Waals surface area contributed by atoms with Gasteiger partial charge in [-0.3, -0.25) is 0 Å². The molecule has 0 spiro atoms. The second-order valence-electron chi connectivity index (χ2n) is 5.15. The Balaban J connectivity index is 1.99. The molecule has 0 radical (unpaired) electrons. The summed E-state index contributed by atoms with van der Waals surface area (Å²) in [6.07, 6.45) is 6.68. The first kappa shape index (κ1) is 13.9. The van der Waals surface area contributed by atoms with Gasteiger partial charge in [0.05, 0.1) is 0 Å². The molecule has 1 rings (SSSR count). The molecule has 0 heterocycles. The van der Waals surface area contributed by atoms with E-state index in [2.05, 4.69) is 19.2 Å². The molecule has 0 amide bonds. The number of unbranched alkanes of at least 4 members (excludes halogenated alkanes) is 3. The fourth-order valence-electron chi connectivity index (χ4n) is 1.86. The Morgan fingerprint density at radius 3 is 2.29 bits per heavy atom. The molecule has 0 unspecified atom stereocenters. The summed E-state index contributed by atoms with van der Waals surface area (Å²) >= 11 is 0. The molecule has 0 aliphatic rings. The molecule has 1 aromatic rings. The summed E-state index contributed by atoms with van der Waals surface area (Å²) < 4.78 is 0. The number of rotatable bonds is 8. The van der Waals surface area contributed by atoms with Gasteiger partial charge in [0.2, 0.25) is 0 Å². The first-order valence-corrected chi connectivity index (χ1v) is 6.78. The topological polar surface area (TPSA) is 38.0 Å². The zero-order valence-corrected chi connectivity index (χ0v) is 11.2. The quantitative estimate of drug-likeness (QED) is 0.520. The molecule has 0 saturated carbocycles. The van der Waals surface area contributed by atoms with Gasteiger partial charge in [0.25, 0.3) is 0 Å². The fraction of sp³-hybridized carbons (Fsp3) is 0.600. The fourth-order valence-corrected chi connectivity index (χ4v) is 1.86. The first-order valence-electron chi connectivity index (χ1n) is 6.78. The molecule has 2 nitrogen and oxygen atoms in total. The predicted molar refractivity (Wildman–Crippen MR) is 77.3 cm³/mol. The van der Waals surface area contributed by atoms with Crippen LogP contribution in [0.25, 0.3) is 0 Å². The zero-order valence-electron chi connectivity index (χ0n) is 11.2. The smallest absolute Gasteiger partial charge is 0.0341 e. The van der Waals surface area contributed by atoms with Gasteiger partial charge in [-0.2, -0.15) is 0 Å². The molecule has 2 heteroatoms. The van der Waals surface area contributed by atoms with E-state index in [1.807, 2.05) is 24.3 Å². The average Bonchev–Trinajstić information content (AvgIpc) is 2.30. The lowest BCUT2D eigenvalue weighted by atomic mass is 10.0. The Hall–Kier alpha value is -1.18. The van der Waals surface area contributed by atoms with Crippen molar-refractivity contribution in [2.75, 3.05) is 17.6 Å². The molecule has 0 aliphatic heterocycles. The molecule has 0 aliphatic carbocycles. The minimum Gasteiger partial charge on any atom is -0.399 e. The van der Waals surface area contributed by atoms with Gasteiger partial charge in [-0.15, -0.1) is 0 Å². The lowest BCUT2D eigenvalue weighted by Gasteiger charge is -2.07. The van der Waals surface area contributed by atoms with E-state index < -0.39 is 0 Å². The molecule has 0 aromatic heterocycles. The molecule has 17 heavy (non-hydrogen) atoms. The number of anilines is 2. The van der Waals surface area contributed by atoms with E-state index in [0.717, 1.165) is 18.2 Å². The third kappa shape index (κ3) is 6.88. The summed E-state index contributed by atoms with van der Waals surface area (Å²) in [5.41, 5.74) is 7.62. The lowest BCUT2D eigenvalue weighted by molar-refractivity contribution is 0.523. The molecule has 3 N–H and O–H groups in total. The molecular weight excluding hydrogens is 208 g/mol.